The minimum Gasteiger partial charge on any atom is -0.361 e. The summed E-state index contributed by atoms with van der Waals surface area (Å²) in [6.45, 7) is 7.82. The van der Waals surface area contributed by atoms with Crippen LogP contribution < -0.4 is 0 Å². The molecule has 0 aliphatic carbocycles. The van der Waals surface area contributed by atoms with E-state index in [1.807, 2.05) is 41.3 Å². The van der Waals surface area contributed by atoms with Gasteiger partial charge in [0.1, 0.15) is 5.76 Å². The predicted octanol–water partition coefficient (Wildman–Crippen LogP) is 1.63. The van der Waals surface area contributed by atoms with Gasteiger partial charge in [-0.2, -0.15) is 5.10 Å². The van der Waals surface area contributed by atoms with Gasteiger partial charge in [0.2, 0.25) is 11.8 Å². The minimum absolute atomic E-state index is 0.0561. The zero-order valence-corrected chi connectivity index (χ0v) is 16.7. The lowest BCUT2D eigenvalue weighted by Gasteiger charge is -2.25. The summed E-state index contributed by atoms with van der Waals surface area (Å²) in [5, 5.41) is 8.28. The number of aromatic nitrogens is 3. The van der Waals surface area contributed by atoms with Gasteiger partial charge < -0.3 is 14.3 Å². The van der Waals surface area contributed by atoms with Gasteiger partial charge in [-0.1, -0.05) is 5.16 Å². The molecule has 8 heteroatoms. The average Bonchev–Trinajstić information content (AvgIpc) is 3.38. The summed E-state index contributed by atoms with van der Waals surface area (Å²) in [5.74, 6) is 0.808. The topological polar surface area (TPSA) is 84.5 Å². The number of carbonyl (C=O) groups is 2. The summed E-state index contributed by atoms with van der Waals surface area (Å²) >= 11 is 0. The lowest BCUT2D eigenvalue weighted by Crippen LogP contribution is -2.42. The van der Waals surface area contributed by atoms with Crippen LogP contribution in [0.4, 0.5) is 0 Å². The predicted molar refractivity (Wildman–Crippen MR) is 101 cm³/mol. The summed E-state index contributed by atoms with van der Waals surface area (Å²) in [5.41, 5.74) is 2.82. The quantitative estimate of drug-likeness (QED) is 0.781. The maximum absolute atomic E-state index is 12.8. The van der Waals surface area contributed by atoms with Gasteiger partial charge in [-0.25, -0.2) is 0 Å². The van der Waals surface area contributed by atoms with Crippen molar-refractivity contribution in [2.45, 2.75) is 65.1 Å². The highest BCUT2D eigenvalue weighted by Crippen LogP contribution is 2.32. The first-order valence-corrected chi connectivity index (χ1v) is 9.94. The Bertz CT molecular complexity index is 886. The van der Waals surface area contributed by atoms with Crippen LogP contribution in [0.1, 0.15) is 42.1 Å². The molecule has 8 nitrogen and oxygen atoms in total. The van der Waals surface area contributed by atoms with E-state index in [0.717, 1.165) is 36.5 Å². The number of likely N-dealkylation sites (tertiary alicyclic amines) is 2. The molecule has 4 rings (SSSR count). The molecule has 0 saturated carbocycles. The number of hydrogen-bond acceptors (Lipinski definition) is 5. The Balaban J connectivity index is 1.34. The van der Waals surface area contributed by atoms with Crippen molar-refractivity contribution in [1.82, 2.24) is 24.7 Å². The largest absolute Gasteiger partial charge is 0.361 e. The van der Waals surface area contributed by atoms with E-state index >= 15 is 0 Å². The third-order valence-electron chi connectivity index (χ3n) is 5.86. The summed E-state index contributed by atoms with van der Waals surface area (Å²) in [6.07, 6.45) is 2.36. The van der Waals surface area contributed by atoms with E-state index in [1.54, 1.807) is 6.07 Å². The van der Waals surface area contributed by atoms with Crippen LogP contribution in [-0.2, 0) is 22.6 Å². The zero-order valence-electron chi connectivity index (χ0n) is 16.7. The summed E-state index contributed by atoms with van der Waals surface area (Å²) in [7, 11) is 0. The van der Waals surface area contributed by atoms with Crippen LogP contribution in [0.5, 0.6) is 0 Å². The van der Waals surface area contributed by atoms with E-state index in [0.29, 0.717) is 25.3 Å². The van der Waals surface area contributed by atoms with Crippen molar-refractivity contribution < 1.29 is 14.1 Å². The van der Waals surface area contributed by atoms with E-state index in [1.165, 1.54) is 0 Å². The summed E-state index contributed by atoms with van der Waals surface area (Å²) in [4.78, 5) is 29.4. The van der Waals surface area contributed by atoms with E-state index in [9.17, 15) is 9.59 Å². The number of nitrogens with zero attached hydrogens (tertiary/aromatic N) is 5. The normalized spacial score (nSPS) is 21.4. The van der Waals surface area contributed by atoms with E-state index in [2.05, 4.69) is 10.3 Å². The van der Waals surface area contributed by atoms with Gasteiger partial charge in [0.05, 0.1) is 29.9 Å². The Morgan fingerprint density at radius 2 is 1.71 bits per heavy atom. The number of amides is 2. The molecule has 2 amide bonds. The minimum atomic E-state index is 0.0561. The van der Waals surface area contributed by atoms with Gasteiger partial charge >= 0.3 is 0 Å². The molecule has 0 radical (unpaired) electrons. The molecule has 28 heavy (non-hydrogen) atoms. The standard InChI is InChI=1S/C20H27N5O3/c1-13-10-15(3)25(21-13)9-6-19(26)23-7-4-18-17(23)5-8-24(18)20(27)12-16-11-14(2)22-28-16/h10-11,17-18H,4-9,12H2,1-3H3/t17-,18-/m0/s1. The Labute approximate surface area is 164 Å². The Morgan fingerprint density at radius 1 is 1.04 bits per heavy atom. The molecular weight excluding hydrogens is 358 g/mol. The molecule has 2 atom stereocenters. The van der Waals surface area contributed by atoms with Gasteiger partial charge in [-0.05, 0) is 39.7 Å². The van der Waals surface area contributed by atoms with Crippen molar-refractivity contribution in [2.75, 3.05) is 13.1 Å². The number of carbonyl (C=O) groups excluding carboxylic acids is 2. The maximum atomic E-state index is 12.8. The lowest BCUT2D eigenvalue weighted by atomic mass is 10.1. The average molecular weight is 385 g/mol. The van der Waals surface area contributed by atoms with Crippen LogP contribution in [0.2, 0.25) is 0 Å². The molecule has 150 valence electrons. The first kappa shape index (κ1) is 18.7. The molecule has 2 aromatic heterocycles. The number of aryl methyl sites for hydroxylation is 4. The van der Waals surface area contributed by atoms with Gasteiger partial charge in [-0.15, -0.1) is 0 Å². The van der Waals surface area contributed by atoms with Crippen molar-refractivity contribution in [1.29, 1.82) is 0 Å². The van der Waals surface area contributed by atoms with Gasteiger partial charge in [0.25, 0.3) is 0 Å². The second kappa shape index (κ2) is 7.41. The molecule has 2 aliphatic rings. The molecular formula is C20H27N5O3. The molecule has 2 aliphatic heterocycles. The van der Waals surface area contributed by atoms with E-state index < -0.39 is 0 Å². The van der Waals surface area contributed by atoms with Crippen LogP contribution in [0, 0.1) is 20.8 Å². The van der Waals surface area contributed by atoms with Crippen LogP contribution >= 0.6 is 0 Å². The number of hydrogen-bond donors (Lipinski definition) is 0. The Morgan fingerprint density at radius 3 is 2.29 bits per heavy atom. The fourth-order valence-electron chi connectivity index (χ4n) is 4.60. The first-order valence-electron chi connectivity index (χ1n) is 9.94. The van der Waals surface area contributed by atoms with Gasteiger partial charge in [0.15, 0.2) is 0 Å². The van der Waals surface area contributed by atoms with Crippen molar-refractivity contribution in [2.24, 2.45) is 0 Å². The lowest BCUT2D eigenvalue weighted by molar-refractivity contribution is -0.134. The number of fused-ring (bicyclic) bond motifs is 1. The zero-order chi connectivity index (χ0) is 19.8. The molecule has 0 spiro atoms. The SMILES string of the molecule is Cc1cc(CC(=O)N2CC[C@H]3[C@@H]2CCN3C(=O)CCn2nc(C)cc2C)on1. The fourth-order valence-corrected chi connectivity index (χ4v) is 4.60. The van der Waals surface area contributed by atoms with Crippen molar-refractivity contribution in [3.63, 3.8) is 0 Å². The Kier molecular flexibility index (Phi) is 4.95. The molecule has 4 heterocycles. The van der Waals surface area contributed by atoms with E-state index in [4.69, 9.17) is 4.52 Å². The van der Waals surface area contributed by atoms with Crippen LogP contribution in [-0.4, -0.2) is 61.7 Å². The van der Waals surface area contributed by atoms with Crippen molar-refractivity contribution >= 4 is 11.8 Å². The smallest absolute Gasteiger partial charge is 0.230 e. The molecule has 0 aromatic carbocycles. The summed E-state index contributed by atoms with van der Waals surface area (Å²) in [6, 6.07) is 4.07. The van der Waals surface area contributed by atoms with Gasteiger partial charge in [0, 0.05) is 37.8 Å². The molecule has 0 N–H and O–H groups in total. The van der Waals surface area contributed by atoms with E-state index in [-0.39, 0.29) is 30.3 Å². The van der Waals surface area contributed by atoms with Crippen LogP contribution in [0.3, 0.4) is 0 Å². The molecule has 0 unspecified atom stereocenters. The third-order valence-corrected chi connectivity index (χ3v) is 5.86. The highest BCUT2D eigenvalue weighted by Gasteiger charge is 2.45. The highest BCUT2D eigenvalue weighted by molar-refractivity contribution is 5.80. The molecule has 2 fully saturated rings. The molecule has 2 saturated heterocycles. The molecule has 0 bridgehead atoms. The van der Waals surface area contributed by atoms with Crippen molar-refractivity contribution in [3.05, 3.63) is 35.0 Å². The second-order valence-electron chi connectivity index (χ2n) is 7.90. The van der Waals surface area contributed by atoms with Crippen molar-refractivity contribution in [3.8, 4) is 0 Å². The fraction of sp³-hybridized carbons (Fsp3) is 0.600. The monoisotopic (exact) mass is 385 g/mol. The Hall–Kier alpha value is -2.64. The number of rotatable bonds is 5. The highest BCUT2D eigenvalue weighted by atomic mass is 16.5. The maximum Gasteiger partial charge on any atom is 0.230 e. The van der Waals surface area contributed by atoms with Gasteiger partial charge in [-0.3, -0.25) is 14.3 Å². The molecule has 2 aromatic rings. The van der Waals surface area contributed by atoms with Crippen LogP contribution in [0.15, 0.2) is 16.7 Å². The third kappa shape index (κ3) is 3.55. The first-order chi connectivity index (χ1) is 13.4. The van der Waals surface area contributed by atoms with Crippen LogP contribution in [0.25, 0.3) is 0 Å². The summed E-state index contributed by atoms with van der Waals surface area (Å²) < 4.78 is 7.07. The second-order valence-corrected chi connectivity index (χ2v) is 7.90.